The maximum Gasteiger partial charge on any atom is 0.145 e. The van der Waals surface area contributed by atoms with Crippen LogP contribution >= 0.6 is 34.4 Å². The third-order valence-electron chi connectivity index (χ3n) is 3.56. The summed E-state index contributed by atoms with van der Waals surface area (Å²) in [6.07, 6.45) is 3.34. The van der Waals surface area contributed by atoms with Crippen LogP contribution in [-0.4, -0.2) is 30.1 Å². The fourth-order valence-electron chi connectivity index (χ4n) is 2.45. The molecule has 2 unspecified atom stereocenters. The molecule has 1 aromatic carbocycles. The van der Waals surface area contributed by atoms with Crippen LogP contribution < -0.4 is 4.74 Å². The number of hydrogen-bond acceptors (Lipinski definition) is 4. The van der Waals surface area contributed by atoms with E-state index in [0.717, 1.165) is 24.3 Å². The van der Waals surface area contributed by atoms with Crippen molar-refractivity contribution in [3.05, 3.63) is 28.0 Å². The number of thioether (sulfide) groups is 1. The molecule has 2 aromatic rings. The molecule has 0 aliphatic carbocycles. The zero-order valence-corrected chi connectivity index (χ0v) is 14.4. The second-order valence-corrected chi connectivity index (χ2v) is 7.22. The predicted octanol–water partition coefficient (Wildman–Crippen LogP) is 4.12. The zero-order chi connectivity index (χ0) is 14.1. The first-order chi connectivity index (χ1) is 9.70. The molecule has 2 heterocycles. The minimum atomic E-state index is 0.310. The first kappa shape index (κ1) is 14.4. The molecule has 3 rings (SSSR count). The number of nitrogens with zero attached hydrogens (tertiary/aromatic N) is 1. The standard InChI is InChI=1S/C15H16INO2S/c1-9-13(6-7-19-9)20-15-10-4-3-5-12(18-2)14(10)17-8-11(15)16/h3-5,8-9,13H,6-7H2,1-2H3. The SMILES string of the molecule is COc1cccc2c(SC3CCOC3C)c(I)cnc12. The van der Waals surface area contributed by atoms with Crippen molar-refractivity contribution in [2.24, 2.45) is 0 Å². The molecular weight excluding hydrogens is 385 g/mol. The Morgan fingerprint density at radius 3 is 3.00 bits per heavy atom. The summed E-state index contributed by atoms with van der Waals surface area (Å²) in [7, 11) is 1.69. The van der Waals surface area contributed by atoms with Gasteiger partial charge in [-0.3, -0.25) is 4.98 Å². The summed E-state index contributed by atoms with van der Waals surface area (Å²) in [5.41, 5.74) is 0.935. The van der Waals surface area contributed by atoms with E-state index in [-0.39, 0.29) is 0 Å². The molecule has 2 atom stereocenters. The molecule has 20 heavy (non-hydrogen) atoms. The van der Waals surface area contributed by atoms with Crippen molar-refractivity contribution in [2.45, 2.75) is 29.6 Å². The van der Waals surface area contributed by atoms with Crippen molar-refractivity contribution >= 4 is 45.3 Å². The Hall–Kier alpha value is -0.530. The smallest absolute Gasteiger partial charge is 0.145 e. The zero-order valence-electron chi connectivity index (χ0n) is 11.4. The van der Waals surface area contributed by atoms with E-state index in [1.165, 1.54) is 13.9 Å². The summed E-state index contributed by atoms with van der Waals surface area (Å²) in [4.78, 5) is 5.82. The van der Waals surface area contributed by atoms with Crippen molar-refractivity contribution in [1.29, 1.82) is 0 Å². The third kappa shape index (κ3) is 2.63. The average Bonchev–Trinajstić information content (AvgIpc) is 2.86. The monoisotopic (exact) mass is 401 g/mol. The van der Waals surface area contributed by atoms with Crippen molar-refractivity contribution < 1.29 is 9.47 Å². The summed E-state index contributed by atoms with van der Waals surface area (Å²) in [5.74, 6) is 0.830. The molecule has 0 spiro atoms. The lowest BCUT2D eigenvalue weighted by atomic mass is 10.2. The molecule has 0 N–H and O–H groups in total. The average molecular weight is 401 g/mol. The Balaban J connectivity index is 2.06. The topological polar surface area (TPSA) is 31.4 Å². The van der Waals surface area contributed by atoms with E-state index in [0.29, 0.717) is 11.4 Å². The van der Waals surface area contributed by atoms with E-state index in [4.69, 9.17) is 9.47 Å². The number of ether oxygens (including phenoxy) is 2. The van der Waals surface area contributed by atoms with Crippen LogP contribution in [0.4, 0.5) is 0 Å². The van der Waals surface area contributed by atoms with Gasteiger partial charge >= 0.3 is 0 Å². The number of para-hydroxylation sites is 1. The quantitative estimate of drug-likeness (QED) is 0.725. The number of rotatable bonds is 3. The number of benzene rings is 1. The van der Waals surface area contributed by atoms with Crippen LogP contribution in [0.2, 0.25) is 0 Å². The summed E-state index contributed by atoms with van der Waals surface area (Å²) in [6, 6.07) is 6.10. The lowest BCUT2D eigenvalue weighted by Gasteiger charge is -2.16. The highest BCUT2D eigenvalue weighted by molar-refractivity contribution is 14.1. The van der Waals surface area contributed by atoms with Crippen LogP contribution in [0, 0.1) is 3.57 Å². The molecule has 5 heteroatoms. The molecule has 0 radical (unpaired) electrons. The Bertz CT molecular complexity index is 635. The van der Waals surface area contributed by atoms with Gasteiger partial charge in [0.05, 0.1) is 13.2 Å². The van der Waals surface area contributed by atoms with Crippen LogP contribution in [0.1, 0.15) is 13.3 Å². The molecule has 1 aliphatic heterocycles. The van der Waals surface area contributed by atoms with Crippen LogP contribution in [0.3, 0.4) is 0 Å². The Morgan fingerprint density at radius 1 is 1.45 bits per heavy atom. The van der Waals surface area contributed by atoms with E-state index >= 15 is 0 Å². The van der Waals surface area contributed by atoms with Crippen molar-refractivity contribution in [1.82, 2.24) is 4.98 Å². The number of aromatic nitrogens is 1. The second-order valence-electron chi connectivity index (χ2n) is 4.81. The van der Waals surface area contributed by atoms with Gasteiger partial charge in [0.2, 0.25) is 0 Å². The fraction of sp³-hybridized carbons (Fsp3) is 0.400. The highest BCUT2D eigenvalue weighted by Gasteiger charge is 2.26. The number of fused-ring (bicyclic) bond motifs is 1. The maximum absolute atomic E-state index is 5.67. The predicted molar refractivity (Wildman–Crippen MR) is 90.7 cm³/mol. The molecule has 0 bridgehead atoms. The second kappa shape index (κ2) is 6.07. The van der Waals surface area contributed by atoms with Crippen LogP contribution in [0.5, 0.6) is 5.75 Å². The first-order valence-electron chi connectivity index (χ1n) is 6.60. The summed E-state index contributed by atoms with van der Waals surface area (Å²) >= 11 is 4.27. The molecular formula is C15H16INO2S. The van der Waals surface area contributed by atoms with E-state index in [2.05, 4.69) is 40.6 Å². The minimum Gasteiger partial charge on any atom is -0.494 e. The first-order valence-corrected chi connectivity index (χ1v) is 8.56. The van der Waals surface area contributed by atoms with E-state index in [9.17, 15) is 0 Å². The van der Waals surface area contributed by atoms with Crippen molar-refractivity contribution in [3.8, 4) is 5.75 Å². The van der Waals surface area contributed by atoms with Gasteiger partial charge in [-0.05, 0) is 42.0 Å². The Morgan fingerprint density at radius 2 is 2.30 bits per heavy atom. The van der Waals surface area contributed by atoms with Gasteiger partial charge in [-0.1, -0.05) is 12.1 Å². The highest BCUT2D eigenvalue weighted by atomic mass is 127. The Kier molecular flexibility index (Phi) is 4.37. The van der Waals surface area contributed by atoms with Crippen molar-refractivity contribution in [3.63, 3.8) is 0 Å². The van der Waals surface area contributed by atoms with Gasteiger partial charge in [0, 0.05) is 31.9 Å². The van der Waals surface area contributed by atoms with Gasteiger partial charge in [0.1, 0.15) is 11.3 Å². The lowest BCUT2D eigenvalue weighted by Crippen LogP contribution is -2.13. The third-order valence-corrected chi connectivity index (χ3v) is 6.34. The van der Waals surface area contributed by atoms with Gasteiger partial charge in [-0.15, -0.1) is 11.8 Å². The summed E-state index contributed by atoms with van der Waals surface area (Å²) < 4.78 is 12.3. The normalized spacial score (nSPS) is 22.4. The summed E-state index contributed by atoms with van der Waals surface area (Å²) in [5, 5.41) is 1.68. The van der Waals surface area contributed by atoms with E-state index < -0.39 is 0 Å². The van der Waals surface area contributed by atoms with E-state index in [1.807, 2.05) is 30.1 Å². The molecule has 0 saturated carbocycles. The molecule has 106 valence electrons. The molecule has 0 amide bonds. The number of methoxy groups -OCH3 is 1. The number of halogens is 1. The molecule has 1 aromatic heterocycles. The van der Waals surface area contributed by atoms with E-state index in [1.54, 1.807) is 7.11 Å². The molecule has 3 nitrogen and oxygen atoms in total. The van der Waals surface area contributed by atoms with Crippen LogP contribution in [0.25, 0.3) is 10.9 Å². The maximum atomic E-state index is 5.67. The Labute approximate surface area is 136 Å². The summed E-state index contributed by atoms with van der Waals surface area (Å²) in [6.45, 7) is 3.02. The molecule has 1 aliphatic rings. The van der Waals surface area contributed by atoms with Gasteiger partial charge in [-0.25, -0.2) is 0 Å². The van der Waals surface area contributed by atoms with Gasteiger partial charge in [-0.2, -0.15) is 0 Å². The largest absolute Gasteiger partial charge is 0.494 e. The van der Waals surface area contributed by atoms with Gasteiger partial charge < -0.3 is 9.47 Å². The minimum absolute atomic E-state index is 0.310. The van der Waals surface area contributed by atoms with Crippen molar-refractivity contribution in [2.75, 3.05) is 13.7 Å². The fourth-order valence-corrected chi connectivity index (χ4v) is 4.51. The highest BCUT2D eigenvalue weighted by Crippen LogP contribution is 2.40. The number of pyridine rings is 1. The lowest BCUT2D eigenvalue weighted by molar-refractivity contribution is 0.127. The molecule has 1 saturated heterocycles. The van der Waals surface area contributed by atoms with Gasteiger partial charge in [0.15, 0.2) is 0 Å². The number of hydrogen-bond donors (Lipinski definition) is 0. The molecule has 1 fully saturated rings. The van der Waals surface area contributed by atoms with Gasteiger partial charge in [0.25, 0.3) is 0 Å². The van der Waals surface area contributed by atoms with Crippen LogP contribution in [-0.2, 0) is 4.74 Å². The van der Waals surface area contributed by atoms with Crippen LogP contribution in [0.15, 0.2) is 29.3 Å².